The number of benzene rings is 1. The van der Waals surface area contributed by atoms with Gasteiger partial charge >= 0.3 is 12.1 Å². The van der Waals surface area contributed by atoms with Gasteiger partial charge in [-0.1, -0.05) is 17.7 Å². The van der Waals surface area contributed by atoms with E-state index in [0.29, 0.717) is 0 Å². The third-order valence-electron chi connectivity index (χ3n) is 2.37. The van der Waals surface area contributed by atoms with E-state index in [4.69, 9.17) is 11.6 Å². The summed E-state index contributed by atoms with van der Waals surface area (Å²) in [5.41, 5.74) is -0.335. The zero-order valence-corrected chi connectivity index (χ0v) is 11.3. The first-order valence-corrected chi connectivity index (χ1v) is 6.18. The highest BCUT2D eigenvalue weighted by Crippen LogP contribution is 2.18. The average Bonchev–Trinajstić information content (AvgIpc) is 2.36. The molecule has 21 heavy (non-hydrogen) atoms. The standard InChI is InChI=1S/C12H11ClF4N2O2/c13-7-3-1-4-8(14)9(7)10(20)18-5-2-6-19-11(21)12(15,16)17/h1,3-4H,2,5-6H2,(H,18,20)(H,19,21). The lowest BCUT2D eigenvalue weighted by atomic mass is 10.2. The van der Waals surface area contributed by atoms with E-state index in [1.807, 2.05) is 0 Å². The maximum absolute atomic E-state index is 13.4. The molecule has 0 saturated carbocycles. The van der Waals surface area contributed by atoms with Gasteiger partial charge in [0.2, 0.25) is 0 Å². The fourth-order valence-corrected chi connectivity index (χ4v) is 1.64. The van der Waals surface area contributed by atoms with Gasteiger partial charge in [0.1, 0.15) is 5.82 Å². The minimum Gasteiger partial charge on any atom is -0.352 e. The Kier molecular flexibility index (Phi) is 5.95. The summed E-state index contributed by atoms with van der Waals surface area (Å²) >= 11 is 5.67. The topological polar surface area (TPSA) is 58.2 Å². The van der Waals surface area contributed by atoms with Gasteiger partial charge < -0.3 is 10.6 Å². The molecule has 0 bridgehead atoms. The van der Waals surface area contributed by atoms with Gasteiger partial charge in [-0.05, 0) is 18.6 Å². The molecular weight excluding hydrogens is 316 g/mol. The van der Waals surface area contributed by atoms with Gasteiger partial charge in [0, 0.05) is 13.1 Å². The van der Waals surface area contributed by atoms with Crippen molar-refractivity contribution in [3.63, 3.8) is 0 Å². The lowest BCUT2D eigenvalue weighted by molar-refractivity contribution is -0.173. The maximum atomic E-state index is 13.4. The molecule has 4 nitrogen and oxygen atoms in total. The van der Waals surface area contributed by atoms with Crippen LogP contribution in [0, 0.1) is 5.82 Å². The smallest absolute Gasteiger partial charge is 0.352 e. The second-order valence-electron chi connectivity index (χ2n) is 3.96. The Labute approximate surface area is 122 Å². The fourth-order valence-electron chi connectivity index (χ4n) is 1.40. The second kappa shape index (κ2) is 7.26. The van der Waals surface area contributed by atoms with Crippen LogP contribution < -0.4 is 10.6 Å². The van der Waals surface area contributed by atoms with Crippen LogP contribution in [0.25, 0.3) is 0 Å². The summed E-state index contributed by atoms with van der Waals surface area (Å²) in [6.07, 6.45) is -4.89. The highest BCUT2D eigenvalue weighted by molar-refractivity contribution is 6.33. The molecule has 0 spiro atoms. The molecule has 9 heteroatoms. The Bertz CT molecular complexity index is 514. The summed E-state index contributed by atoms with van der Waals surface area (Å²) in [6, 6.07) is 3.73. The Morgan fingerprint density at radius 2 is 1.76 bits per heavy atom. The van der Waals surface area contributed by atoms with Gasteiger partial charge in [0.25, 0.3) is 5.91 Å². The van der Waals surface area contributed by atoms with Gasteiger partial charge in [-0.15, -0.1) is 0 Å². The van der Waals surface area contributed by atoms with Crippen LogP contribution >= 0.6 is 11.6 Å². The van der Waals surface area contributed by atoms with E-state index in [9.17, 15) is 27.2 Å². The van der Waals surface area contributed by atoms with Crippen molar-refractivity contribution in [2.75, 3.05) is 13.1 Å². The largest absolute Gasteiger partial charge is 0.471 e. The lowest BCUT2D eigenvalue weighted by Gasteiger charge is -2.09. The average molecular weight is 327 g/mol. The first-order chi connectivity index (χ1) is 9.73. The second-order valence-corrected chi connectivity index (χ2v) is 4.37. The highest BCUT2D eigenvalue weighted by Gasteiger charge is 2.38. The summed E-state index contributed by atoms with van der Waals surface area (Å²) in [4.78, 5) is 22.1. The Morgan fingerprint density at radius 3 is 2.33 bits per heavy atom. The van der Waals surface area contributed by atoms with Crippen molar-refractivity contribution in [3.8, 4) is 0 Å². The minimum atomic E-state index is -4.94. The van der Waals surface area contributed by atoms with E-state index in [0.717, 1.165) is 6.07 Å². The number of amides is 2. The molecule has 0 heterocycles. The molecule has 116 valence electrons. The Hall–Kier alpha value is -1.83. The van der Waals surface area contributed by atoms with E-state index in [-0.39, 0.29) is 30.1 Å². The van der Waals surface area contributed by atoms with E-state index in [1.54, 1.807) is 5.32 Å². The van der Waals surface area contributed by atoms with Crippen molar-refractivity contribution >= 4 is 23.4 Å². The number of alkyl halides is 3. The number of carbonyl (C=O) groups excluding carboxylic acids is 2. The number of halogens is 5. The van der Waals surface area contributed by atoms with E-state index in [2.05, 4.69) is 5.32 Å². The molecule has 0 unspecified atom stereocenters. The third-order valence-corrected chi connectivity index (χ3v) is 2.69. The number of hydrogen-bond acceptors (Lipinski definition) is 2. The van der Waals surface area contributed by atoms with Crippen molar-refractivity contribution in [2.24, 2.45) is 0 Å². The zero-order chi connectivity index (χ0) is 16.0. The quantitative estimate of drug-likeness (QED) is 0.644. The van der Waals surface area contributed by atoms with Crippen LogP contribution in [-0.2, 0) is 4.79 Å². The van der Waals surface area contributed by atoms with Crippen LogP contribution in [-0.4, -0.2) is 31.1 Å². The first-order valence-electron chi connectivity index (χ1n) is 5.80. The van der Waals surface area contributed by atoms with Crippen LogP contribution in [0.3, 0.4) is 0 Å². The van der Waals surface area contributed by atoms with E-state index >= 15 is 0 Å². The molecule has 1 aromatic rings. The molecule has 1 rings (SSSR count). The highest BCUT2D eigenvalue weighted by atomic mass is 35.5. The van der Waals surface area contributed by atoms with Crippen LogP contribution in [0.1, 0.15) is 16.8 Å². The van der Waals surface area contributed by atoms with Crippen LogP contribution in [0.4, 0.5) is 17.6 Å². The van der Waals surface area contributed by atoms with Gasteiger partial charge in [-0.25, -0.2) is 4.39 Å². The summed E-state index contributed by atoms with van der Waals surface area (Å²) in [5, 5.41) is 3.87. The SMILES string of the molecule is O=C(NCCCNC(=O)C(F)(F)F)c1c(F)cccc1Cl. The zero-order valence-electron chi connectivity index (χ0n) is 10.6. The monoisotopic (exact) mass is 326 g/mol. The molecule has 0 saturated heterocycles. The van der Waals surface area contributed by atoms with Crippen LogP contribution in [0.15, 0.2) is 18.2 Å². The predicted molar refractivity (Wildman–Crippen MR) is 67.4 cm³/mol. The van der Waals surface area contributed by atoms with Gasteiger partial charge in [-0.2, -0.15) is 13.2 Å². The summed E-state index contributed by atoms with van der Waals surface area (Å²) < 4.78 is 49.0. The van der Waals surface area contributed by atoms with Gasteiger partial charge in [-0.3, -0.25) is 9.59 Å². The molecular formula is C12H11ClF4N2O2. The van der Waals surface area contributed by atoms with Gasteiger partial charge in [0.05, 0.1) is 10.6 Å². The molecule has 0 aliphatic rings. The normalized spacial score (nSPS) is 11.1. The predicted octanol–water partition coefficient (Wildman–Crippen LogP) is 2.28. The molecule has 2 N–H and O–H groups in total. The van der Waals surface area contributed by atoms with Gasteiger partial charge in [0.15, 0.2) is 0 Å². The summed E-state index contributed by atoms with van der Waals surface area (Å²) in [6.45, 7) is -0.314. The lowest BCUT2D eigenvalue weighted by Crippen LogP contribution is -2.38. The molecule has 0 radical (unpaired) electrons. The van der Waals surface area contributed by atoms with Crippen molar-refractivity contribution < 1.29 is 27.2 Å². The molecule has 0 aliphatic heterocycles. The molecule has 2 amide bonds. The summed E-state index contributed by atoms with van der Waals surface area (Å²) in [5.74, 6) is -3.63. The fraction of sp³-hybridized carbons (Fsp3) is 0.333. The minimum absolute atomic E-state index is 0.0400. The molecule has 0 aromatic heterocycles. The number of carbonyl (C=O) groups is 2. The maximum Gasteiger partial charge on any atom is 0.471 e. The van der Waals surface area contributed by atoms with E-state index < -0.39 is 23.8 Å². The van der Waals surface area contributed by atoms with Crippen molar-refractivity contribution in [1.29, 1.82) is 0 Å². The molecule has 0 fully saturated rings. The third kappa shape index (κ3) is 5.22. The van der Waals surface area contributed by atoms with Crippen molar-refractivity contribution in [1.82, 2.24) is 10.6 Å². The van der Waals surface area contributed by atoms with Crippen molar-refractivity contribution in [2.45, 2.75) is 12.6 Å². The molecule has 1 aromatic carbocycles. The summed E-state index contributed by atoms with van der Waals surface area (Å²) in [7, 11) is 0. The van der Waals surface area contributed by atoms with Crippen LogP contribution in [0.5, 0.6) is 0 Å². The first kappa shape index (κ1) is 17.2. The Balaban J connectivity index is 2.37. The van der Waals surface area contributed by atoms with Crippen LogP contribution in [0.2, 0.25) is 5.02 Å². The molecule has 0 aliphatic carbocycles. The molecule has 0 atom stereocenters. The number of nitrogens with one attached hydrogen (secondary N) is 2. The van der Waals surface area contributed by atoms with E-state index in [1.165, 1.54) is 12.1 Å². The van der Waals surface area contributed by atoms with Crippen molar-refractivity contribution in [3.05, 3.63) is 34.6 Å². The number of rotatable bonds is 5. The Morgan fingerprint density at radius 1 is 1.14 bits per heavy atom. The number of hydrogen-bond donors (Lipinski definition) is 2.